The van der Waals surface area contributed by atoms with E-state index < -0.39 is 17.9 Å². The molecule has 33 heavy (non-hydrogen) atoms. The largest absolute Gasteiger partial charge is 0.493 e. The first kappa shape index (κ1) is 24.1. The molecule has 1 aliphatic rings. The van der Waals surface area contributed by atoms with Crippen LogP contribution in [0.1, 0.15) is 29.7 Å². The third-order valence-electron chi connectivity index (χ3n) is 5.85. The van der Waals surface area contributed by atoms with Crippen molar-refractivity contribution in [2.45, 2.75) is 19.3 Å². The fourth-order valence-corrected chi connectivity index (χ4v) is 5.08. The molecule has 1 fully saturated rings. The van der Waals surface area contributed by atoms with Crippen LogP contribution in [0.2, 0.25) is 0 Å². The number of benzene rings is 1. The molecule has 9 heteroatoms. The zero-order chi connectivity index (χ0) is 24.0. The summed E-state index contributed by atoms with van der Waals surface area (Å²) in [6, 6.07) is 11.5. The van der Waals surface area contributed by atoms with Gasteiger partial charge in [0.05, 0.1) is 43.2 Å². The first-order chi connectivity index (χ1) is 15.9. The van der Waals surface area contributed by atoms with Crippen LogP contribution in [0.4, 0.5) is 5.00 Å². The lowest BCUT2D eigenvalue weighted by Crippen LogP contribution is -2.38. The molecule has 3 rings (SSSR count). The average Bonchev–Trinajstić information content (AvgIpc) is 3.29. The number of rotatable bonds is 9. The van der Waals surface area contributed by atoms with Gasteiger partial charge in [-0.3, -0.25) is 9.59 Å². The predicted molar refractivity (Wildman–Crippen MR) is 126 cm³/mol. The van der Waals surface area contributed by atoms with Crippen molar-refractivity contribution >= 4 is 39.9 Å². The van der Waals surface area contributed by atoms with Gasteiger partial charge in [0.15, 0.2) is 11.5 Å². The molecule has 1 unspecified atom stereocenters. The number of nitriles is 1. The van der Waals surface area contributed by atoms with E-state index >= 15 is 0 Å². The summed E-state index contributed by atoms with van der Waals surface area (Å²) >= 11 is 1.55. The number of hydrogen-bond donors (Lipinski definition) is 2. The van der Waals surface area contributed by atoms with Gasteiger partial charge in [-0.2, -0.15) is 5.26 Å². The Morgan fingerprint density at radius 3 is 2.45 bits per heavy atom. The highest BCUT2D eigenvalue weighted by Gasteiger charge is 2.33. The van der Waals surface area contributed by atoms with E-state index in [9.17, 15) is 20.0 Å². The lowest BCUT2D eigenvalue weighted by atomic mass is 9.82. The van der Waals surface area contributed by atoms with Gasteiger partial charge in [0.2, 0.25) is 0 Å². The Morgan fingerprint density at radius 2 is 1.88 bits per heavy atom. The smallest absolute Gasteiger partial charge is 0.307 e. The van der Waals surface area contributed by atoms with Gasteiger partial charge >= 0.3 is 11.9 Å². The molecular formula is C24H26N2O6S. The standard InChI is InChI=1S/C24H26N2O6S/c1-31-20-5-3-16(12-21(20)32-2)17(14-25)11-18-4-6-22(33-18)26-9-7-15(8-10-26)19(24(29)30)13-23(27)28/h3-6,11-12,15,19H,7-10,13H2,1-2H3,(H,27,28)(H,29,30)/b17-11+. The minimum absolute atomic E-state index is 0.149. The van der Waals surface area contributed by atoms with Crippen LogP contribution in [0.3, 0.4) is 0 Å². The number of carboxylic acid groups (broad SMARTS) is 2. The molecule has 1 aromatic carbocycles. The summed E-state index contributed by atoms with van der Waals surface area (Å²) in [4.78, 5) is 25.6. The molecule has 0 spiro atoms. The highest BCUT2D eigenvalue weighted by Crippen LogP contribution is 2.35. The number of anilines is 1. The lowest BCUT2D eigenvalue weighted by Gasteiger charge is -2.34. The van der Waals surface area contributed by atoms with E-state index in [-0.39, 0.29) is 12.3 Å². The fourth-order valence-electron chi connectivity index (χ4n) is 4.08. The van der Waals surface area contributed by atoms with Gasteiger partial charge in [-0.25, -0.2) is 0 Å². The highest BCUT2D eigenvalue weighted by atomic mass is 32.1. The molecule has 0 aliphatic carbocycles. The molecular weight excluding hydrogens is 444 g/mol. The number of allylic oxidation sites excluding steroid dienone is 1. The van der Waals surface area contributed by atoms with Gasteiger partial charge in [0, 0.05) is 18.0 Å². The topological polar surface area (TPSA) is 120 Å². The first-order valence-electron chi connectivity index (χ1n) is 10.5. The summed E-state index contributed by atoms with van der Waals surface area (Å²) in [5.41, 5.74) is 1.23. The van der Waals surface area contributed by atoms with Crippen LogP contribution < -0.4 is 14.4 Å². The molecule has 2 N–H and O–H groups in total. The van der Waals surface area contributed by atoms with E-state index in [1.54, 1.807) is 37.7 Å². The van der Waals surface area contributed by atoms with Crippen LogP contribution in [-0.4, -0.2) is 49.5 Å². The number of piperidine rings is 1. The minimum atomic E-state index is -1.08. The molecule has 1 aromatic heterocycles. The maximum absolute atomic E-state index is 11.5. The quantitative estimate of drug-likeness (QED) is 0.523. The molecule has 1 saturated heterocycles. The van der Waals surface area contributed by atoms with E-state index in [1.165, 1.54) is 0 Å². The van der Waals surface area contributed by atoms with E-state index in [2.05, 4.69) is 11.0 Å². The molecule has 2 heterocycles. The predicted octanol–water partition coefficient (Wildman–Crippen LogP) is 4.22. The SMILES string of the molecule is COc1ccc(/C(C#N)=C/c2ccc(N3CCC(C(CC(=O)O)C(=O)O)CC3)s2)cc1OC. The monoisotopic (exact) mass is 470 g/mol. The maximum atomic E-state index is 11.5. The van der Waals surface area contributed by atoms with Crippen molar-refractivity contribution in [2.24, 2.45) is 11.8 Å². The molecule has 0 radical (unpaired) electrons. The molecule has 0 bridgehead atoms. The lowest BCUT2D eigenvalue weighted by molar-refractivity contribution is -0.150. The summed E-state index contributed by atoms with van der Waals surface area (Å²) in [5.74, 6) is -1.99. The Bertz CT molecular complexity index is 1080. The zero-order valence-corrected chi connectivity index (χ0v) is 19.3. The molecule has 0 saturated carbocycles. The zero-order valence-electron chi connectivity index (χ0n) is 18.5. The Kier molecular flexibility index (Phi) is 7.96. The van der Waals surface area contributed by atoms with Gasteiger partial charge in [0.1, 0.15) is 0 Å². The van der Waals surface area contributed by atoms with Crippen molar-refractivity contribution in [2.75, 3.05) is 32.2 Å². The summed E-state index contributed by atoms with van der Waals surface area (Å²) in [7, 11) is 3.11. The molecule has 2 aromatic rings. The van der Waals surface area contributed by atoms with Crippen molar-refractivity contribution in [3.8, 4) is 17.6 Å². The molecule has 174 valence electrons. The van der Waals surface area contributed by atoms with Gasteiger partial charge in [-0.05, 0) is 60.7 Å². The molecule has 0 amide bonds. The van der Waals surface area contributed by atoms with E-state index in [1.807, 2.05) is 24.3 Å². The number of carbonyl (C=O) groups is 2. The number of thiophene rings is 1. The second kappa shape index (κ2) is 10.9. The summed E-state index contributed by atoms with van der Waals surface area (Å²) in [6.07, 6.45) is 2.74. The Morgan fingerprint density at radius 1 is 1.18 bits per heavy atom. The van der Waals surface area contributed by atoms with Crippen LogP contribution in [0, 0.1) is 23.2 Å². The van der Waals surface area contributed by atoms with Crippen molar-refractivity contribution < 1.29 is 29.3 Å². The third kappa shape index (κ3) is 5.84. The Hall–Kier alpha value is -3.51. The molecule has 1 aliphatic heterocycles. The van der Waals surface area contributed by atoms with Crippen LogP contribution in [0.15, 0.2) is 30.3 Å². The van der Waals surface area contributed by atoms with Crippen LogP contribution in [0.5, 0.6) is 11.5 Å². The van der Waals surface area contributed by atoms with Gasteiger partial charge < -0.3 is 24.6 Å². The normalized spacial score (nSPS) is 15.5. The van der Waals surface area contributed by atoms with Crippen LogP contribution >= 0.6 is 11.3 Å². The second-order valence-corrected chi connectivity index (χ2v) is 8.88. The van der Waals surface area contributed by atoms with Crippen molar-refractivity contribution in [1.82, 2.24) is 0 Å². The number of nitrogens with zero attached hydrogens (tertiary/aromatic N) is 2. The molecule has 8 nitrogen and oxygen atoms in total. The number of carboxylic acids is 2. The van der Waals surface area contributed by atoms with Gasteiger partial charge in [0.25, 0.3) is 0 Å². The fraction of sp³-hybridized carbons (Fsp3) is 0.375. The highest BCUT2D eigenvalue weighted by molar-refractivity contribution is 7.17. The van der Waals surface area contributed by atoms with Crippen molar-refractivity contribution in [3.63, 3.8) is 0 Å². The van der Waals surface area contributed by atoms with E-state index in [0.717, 1.165) is 15.4 Å². The number of aliphatic carboxylic acids is 2. The summed E-state index contributed by atoms with van der Waals surface area (Å²) < 4.78 is 10.6. The second-order valence-electron chi connectivity index (χ2n) is 7.78. The van der Waals surface area contributed by atoms with Crippen LogP contribution in [-0.2, 0) is 9.59 Å². The molecule has 1 atom stereocenters. The van der Waals surface area contributed by atoms with E-state index in [0.29, 0.717) is 43.0 Å². The van der Waals surface area contributed by atoms with Crippen LogP contribution in [0.25, 0.3) is 11.6 Å². The number of methoxy groups -OCH3 is 2. The van der Waals surface area contributed by atoms with Crippen molar-refractivity contribution in [3.05, 3.63) is 40.8 Å². The number of ether oxygens (including phenoxy) is 2. The Balaban J connectivity index is 1.71. The summed E-state index contributed by atoms with van der Waals surface area (Å²) in [6.45, 7) is 1.33. The van der Waals surface area contributed by atoms with Crippen molar-refractivity contribution in [1.29, 1.82) is 5.26 Å². The average molecular weight is 471 g/mol. The first-order valence-corrected chi connectivity index (χ1v) is 11.3. The third-order valence-corrected chi connectivity index (χ3v) is 6.94. The minimum Gasteiger partial charge on any atom is -0.493 e. The maximum Gasteiger partial charge on any atom is 0.307 e. The Labute approximate surface area is 196 Å². The van der Waals surface area contributed by atoms with Gasteiger partial charge in [-0.15, -0.1) is 11.3 Å². The summed E-state index contributed by atoms with van der Waals surface area (Å²) in [5, 5.41) is 29.1. The van der Waals surface area contributed by atoms with Gasteiger partial charge in [-0.1, -0.05) is 0 Å². The number of hydrogen-bond acceptors (Lipinski definition) is 7. The van der Waals surface area contributed by atoms with E-state index in [4.69, 9.17) is 14.6 Å².